The predicted molar refractivity (Wildman–Crippen MR) is 66.8 cm³/mol. The van der Waals surface area contributed by atoms with E-state index in [0.717, 1.165) is 17.7 Å². The van der Waals surface area contributed by atoms with Crippen LogP contribution in [0, 0.1) is 11.6 Å². The van der Waals surface area contributed by atoms with Gasteiger partial charge in [0.05, 0.1) is 10.7 Å². The predicted octanol–water partition coefficient (Wildman–Crippen LogP) is 3.94. The Kier molecular flexibility index (Phi) is 3.67. The lowest BCUT2D eigenvalue weighted by Gasteiger charge is -2.10. The number of aromatic hydroxyl groups is 1. The molecule has 0 aromatic heterocycles. The van der Waals surface area contributed by atoms with Gasteiger partial charge in [0.25, 0.3) is 0 Å². The Bertz CT molecular complexity index is 552. The molecule has 0 fully saturated rings. The fraction of sp³-hybridized carbons (Fsp3) is 0.0769. The van der Waals surface area contributed by atoms with Crippen molar-refractivity contribution in [1.82, 2.24) is 0 Å². The molecule has 0 amide bonds. The quantitative estimate of drug-likeness (QED) is 0.885. The molecular formula is C13H10ClF2NO. The second-order valence-electron chi connectivity index (χ2n) is 3.77. The van der Waals surface area contributed by atoms with Crippen LogP contribution in [0.2, 0.25) is 5.02 Å². The minimum atomic E-state index is -0.750. The Morgan fingerprint density at radius 2 is 1.94 bits per heavy atom. The summed E-state index contributed by atoms with van der Waals surface area (Å²) >= 11 is 5.74. The van der Waals surface area contributed by atoms with E-state index in [4.69, 9.17) is 11.6 Å². The van der Waals surface area contributed by atoms with Crippen molar-refractivity contribution < 1.29 is 13.9 Å². The minimum absolute atomic E-state index is 0.0207. The molecule has 0 radical (unpaired) electrons. The Balaban J connectivity index is 2.16. The van der Waals surface area contributed by atoms with Gasteiger partial charge in [-0.2, -0.15) is 0 Å². The van der Waals surface area contributed by atoms with Gasteiger partial charge in [0.15, 0.2) is 5.82 Å². The molecule has 0 bridgehead atoms. The standard InChI is InChI=1S/C13H10ClF2NO/c14-11-5-9(15)6-12(16)13(11)17-7-8-2-1-3-10(18)4-8/h1-6,17-18H,7H2. The minimum Gasteiger partial charge on any atom is -0.508 e. The molecule has 2 rings (SSSR count). The first-order valence-electron chi connectivity index (χ1n) is 5.22. The molecule has 18 heavy (non-hydrogen) atoms. The van der Waals surface area contributed by atoms with Crippen LogP contribution in [0.5, 0.6) is 5.75 Å². The van der Waals surface area contributed by atoms with Gasteiger partial charge in [0.2, 0.25) is 0 Å². The second kappa shape index (κ2) is 5.23. The van der Waals surface area contributed by atoms with Crippen molar-refractivity contribution in [3.8, 4) is 5.75 Å². The van der Waals surface area contributed by atoms with Gasteiger partial charge in [-0.15, -0.1) is 0 Å². The van der Waals surface area contributed by atoms with Crippen molar-refractivity contribution in [2.24, 2.45) is 0 Å². The van der Waals surface area contributed by atoms with Crippen LogP contribution in [-0.4, -0.2) is 5.11 Å². The molecular weight excluding hydrogens is 260 g/mol. The van der Waals surface area contributed by atoms with Crippen molar-refractivity contribution in [2.45, 2.75) is 6.54 Å². The molecule has 2 nitrogen and oxygen atoms in total. The van der Waals surface area contributed by atoms with Gasteiger partial charge in [-0.25, -0.2) is 8.78 Å². The van der Waals surface area contributed by atoms with Gasteiger partial charge in [-0.1, -0.05) is 23.7 Å². The number of hydrogen-bond donors (Lipinski definition) is 2. The fourth-order valence-corrected chi connectivity index (χ4v) is 1.83. The van der Waals surface area contributed by atoms with Gasteiger partial charge >= 0.3 is 0 Å². The van der Waals surface area contributed by atoms with Crippen LogP contribution in [0.1, 0.15) is 5.56 Å². The molecule has 0 aliphatic carbocycles. The van der Waals surface area contributed by atoms with E-state index in [1.165, 1.54) is 6.07 Å². The number of benzene rings is 2. The lowest BCUT2D eigenvalue weighted by atomic mass is 10.2. The molecule has 0 saturated carbocycles. The Morgan fingerprint density at radius 1 is 1.17 bits per heavy atom. The first-order chi connectivity index (χ1) is 8.56. The highest BCUT2D eigenvalue weighted by atomic mass is 35.5. The smallest absolute Gasteiger partial charge is 0.150 e. The maximum atomic E-state index is 13.5. The lowest BCUT2D eigenvalue weighted by molar-refractivity contribution is 0.474. The van der Waals surface area contributed by atoms with Crippen molar-refractivity contribution in [3.63, 3.8) is 0 Å². The highest BCUT2D eigenvalue weighted by molar-refractivity contribution is 6.33. The van der Waals surface area contributed by atoms with E-state index >= 15 is 0 Å². The van der Waals surface area contributed by atoms with Gasteiger partial charge in [-0.3, -0.25) is 0 Å². The third-order valence-corrected chi connectivity index (χ3v) is 2.68. The topological polar surface area (TPSA) is 32.3 Å². The van der Waals surface area contributed by atoms with E-state index in [1.807, 2.05) is 0 Å². The van der Waals surface area contributed by atoms with Crippen LogP contribution >= 0.6 is 11.6 Å². The first-order valence-corrected chi connectivity index (χ1v) is 5.60. The summed E-state index contributed by atoms with van der Waals surface area (Å²) < 4.78 is 26.3. The van der Waals surface area contributed by atoms with Crippen LogP contribution < -0.4 is 5.32 Å². The number of anilines is 1. The third-order valence-electron chi connectivity index (χ3n) is 2.39. The number of nitrogens with one attached hydrogen (secondary N) is 1. The van der Waals surface area contributed by atoms with Gasteiger partial charge in [0, 0.05) is 12.6 Å². The molecule has 2 aromatic carbocycles. The van der Waals surface area contributed by atoms with Crippen molar-refractivity contribution in [3.05, 3.63) is 58.6 Å². The van der Waals surface area contributed by atoms with Crippen molar-refractivity contribution in [2.75, 3.05) is 5.32 Å². The second-order valence-corrected chi connectivity index (χ2v) is 4.18. The monoisotopic (exact) mass is 269 g/mol. The summed E-state index contributed by atoms with van der Waals surface area (Å²) in [5, 5.41) is 12.0. The van der Waals surface area contributed by atoms with Gasteiger partial charge in [0.1, 0.15) is 11.6 Å². The SMILES string of the molecule is Oc1cccc(CNc2c(F)cc(F)cc2Cl)c1. The van der Waals surface area contributed by atoms with Crippen molar-refractivity contribution >= 4 is 17.3 Å². The Labute approximate surface area is 108 Å². The number of halogens is 3. The molecule has 2 N–H and O–H groups in total. The number of rotatable bonds is 3. The van der Waals surface area contributed by atoms with E-state index in [1.54, 1.807) is 18.2 Å². The zero-order valence-corrected chi connectivity index (χ0v) is 10.0. The summed E-state index contributed by atoms with van der Waals surface area (Å²) in [6.45, 7) is 0.274. The highest BCUT2D eigenvalue weighted by Crippen LogP contribution is 2.27. The number of phenolic OH excluding ortho intramolecular Hbond substituents is 1. The van der Waals surface area contributed by atoms with Crippen LogP contribution in [0.3, 0.4) is 0 Å². The maximum absolute atomic E-state index is 13.5. The largest absolute Gasteiger partial charge is 0.508 e. The summed E-state index contributed by atoms with van der Waals surface area (Å²) in [6, 6.07) is 8.32. The number of phenols is 1. The highest BCUT2D eigenvalue weighted by Gasteiger charge is 2.09. The summed E-state index contributed by atoms with van der Waals surface area (Å²) in [7, 11) is 0. The molecule has 2 aromatic rings. The number of hydrogen-bond acceptors (Lipinski definition) is 2. The Hall–Kier alpha value is -1.81. The zero-order chi connectivity index (χ0) is 13.1. The molecule has 0 aliphatic heterocycles. The lowest BCUT2D eigenvalue weighted by Crippen LogP contribution is -2.02. The Morgan fingerprint density at radius 3 is 2.61 bits per heavy atom. The van der Waals surface area contributed by atoms with E-state index in [0.29, 0.717) is 0 Å². The average Bonchev–Trinajstić information content (AvgIpc) is 2.27. The van der Waals surface area contributed by atoms with Gasteiger partial charge < -0.3 is 10.4 Å². The molecule has 0 aliphatic rings. The van der Waals surface area contributed by atoms with Gasteiger partial charge in [-0.05, 0) is 23.8 Å². The molecule has 0 heterocycles. The first kappa shape index (κ1) is 12.6. The zero-order valence-electron chi connectivity index (χ0n) is 9.25. The normalized spacial score (nSPS) is 10.4. The third kappa shape index (κ3) is 2.90. The molecule has 5 heteroatoms. The molecule has 94 valence electrons. The van der Waals surface area contributed by atoms with E-state index in [-0.39, 0.29) is 23.0 Å². The van der Waals surface area contributed by atoms with E-state index < -0.39 is 11.6 Å². The van der Waals surface area contributed by atoms with Crippen molar-refractivity contribution in [1.29, 1.82) is 0 Å². The summed E-state index contributed by atoms with van der Waals surface area (Å²) in [5.41, 5.74) is 0.802. The molecule has 0 unspecified atom stereocenters. The van der Waals surface area contributed by atoms with Crippen LogP contribution in [0.4, 0.5) is 14.5 Å². The summed E-state index contributed by atoms with van der Waals surface area (Å²) in [4.78, 5) is 0. The fourth-order valence-electron chi connectivity index (χ4n) is 1.57. The van der Waals surface area contributed by atoms with Crippen LogP contribution in [0.25, 0.3) is 0 Å². The summed E-state index contributed by atoms with van der Waals surface area (Å²) in [6.07, 6.45) is 0. The van der Waals surface area contributed by atoms with Crippen LogP contribution in [0.15, 0.2) is 36.4 Å². The molecule has 0 saturated heterocycles. The summed E-state index contributed by atoms with van der Waals surface area (Å²) in [5.74, 6) is -1.35. The molecule has 0 atom stereocenters. The van der Waals surface area contributed by atoms with E-state index in [9.17, 15) is 13.9 Å². The average molecular weight is 270 g/mol. The maximum Gasteiger partial charge on any atom is 0.150 e. The van der Waals surface area contributed by atoms with Crippen LogP contribution in [-0.2, 0) is 6.54 Å². The van der Waals surface area contributed by atoms with E-state index in [2.05, 4.69) is 5.32 Å². The molecule has 0 spiro atoms.